The number of halogens is 2. The Hall–Kier alpha value is -3.08. The number of carbonyl (C=O) groups excluding carboxylic acids is 3. The number of methoxy groups -OCH3 is 1. The largest absolute Gasteiger partial charge is 0.486 e. The molecule has 1 aliphatic rings. The van der Waals surface area contributed by atoms with Gasteiger partial charge >= 0.3 is 5.97 Å². The highest BCUT2D eigenvalue weighted by atomic mass is 35.5. The molecule has 0 radical (unpaired) electrons. The van der Waals surface area contributed by atoms with E-state index in [0.29, 0.717) is 22.9 Å². The lowest BCUT2D eigenvalue weighted by molar-refractivity contribution is -0.384. The van der Waals surface area contributed by atoms with Crippen LogP contribution >= 0.6 is 35.0 Å². The van der Waals surface area contributed by atoms with Crippen LogP contribution in [-0.2, 0) is 20.9 Å². The van der Waals surface area contributed by atoms with Gasteiger partial charge in [-0.2, -0.15) is 0 Å². The summed E-state index contributed by atoms with van der Waals surface area (Å²) in [7, 11) is 1.17. The molecule has 2 amide bonds. The van der Waals surface area contributed by atoms with Crippen molar-refractivity contribution in [3.8, 4) is 5.75 Å². The van der Waals surface area contributed by atoms with Gasteiger partial charge in [-0.3, -0.25) is 24.6 Å². The lowest BCUT2D eigenvalue weighted by Crippen LogP contribution is -2.42. The summed E-state index contributed by atoms with van der Waals surface area (Å²) >= 11 is 13.3. The maximum atomic E-state index is 12.6. The minimum Gasteiger partial charge on any atom is -0.486 e. The van der Waals surface area contributed by atoms with Gasteiger partial charge in [0.1, 0.15) is 12.6 Å². The molecule has 1 saturated heterocycles. The smallest absolute Gasteiger partial charge is 0.328 e. The number of ether oxygens (including phenoxy) is 2. The molecular weight excluding hydrogens is 495 g/mol. The first-order valence-corrected chi connectivity index (χ1v) is 10.9. The Morgan fingerprint density at radius 2 is 1.91 bits per heavy atom. The van der Waals surface area contributed by atoms with Gasteiger partial charge < -0.3 is 9.47 Å². The third kappa shape index (κ3) is 5.47. The molecule has 9 nitrogen and oxygen atoms in total. The van der Waals surface area contributed by atoms with Crippen molar-refractivity contribution in [1.29, 1.82) is 0 Å². The van der Waals surface area contributed by atoms with Crippen molar-refractivity contribution >= 4 is 63.8 Å². The number of nitro benzene ring substituents is 1. The highest BCUT2D eigenvalue weighted by Crippen LogP contribution is 2.38. The predicted molar refractivity (Wildman–Crippen MR) is 123 cm³/mol. The summed E-state index contributed by atoms with van der Waals surface area (Å²) in [5.41, 5.74) is 0.914. The van der Waals surface area contributed by atoms with Gasteiger partial charge in [-0.25, -0.2) is 4.79 Å². The van der Waals surface area contributed by atoms with Crippen LogP contribution in [0, 0.1) is 10.1 Å². The van der Waals surface area contributed by atoms with Crippen LogP contribution < -0.4 is 4.74 Å². The van der Waals surface area contributed by atoms with E-state index in [4.69, 9.17) is 27.9 Å². The highest BCUT2D eigenvalue weighted by molar-refractivity contribution is 8.18. The Morgan fingerprint density at radius 3 is 2.52 bits per heavy atom. The topological polar surface area (TPSA) is 116 Å². The van der Waals surface area contributed by atoms with Gasteiger partial charge in [-0.1, -0.05) is 35.3 Å². The zero-order valence-corrected chi connectivity index (χ0v) is 19.6. The molecule has 0 aromatic heterocycles. The van der Waals surface area contributed by atoms with Crippen LogP contribution in [0.1, 0.15) is 18.1 Å². The van der Waals surface area contributed by atoms with Crippen molar-refractivity contribution < 1.29 is 28.8 Å². The molecule has 1 aliphatic heterocycles. The van der Waals surface area contributed by atoms with Crippen molar-refractivity contribution in [2.24, 2.45) is 0 Å². The molecule has 0 bridgehead atoms. The van der Waals surface area contributed by atoms with E-state index in [2.05, 4.69) is 4.74 Å². The molecule has 3 rings (SSSR count). The first kappa shape index (κ1) is 24.6. The van der Waals surface area contributed by atoms with E-state index in [1.54, 1.807) is 6.07 Å². The SMILES string of the molecule is COC(=O)[C@@H](C)N1C(=O)S/C(=C/c2cc(Cl)c(OCc3cccc([N+](=O)[O-])c3)c(Cl)c2)C1=O. The van der Waals surface area contributed by atoms with E-state index < -0.39 is 28.1 Å². The molecule has 1 atom stereocenters. The normalized spacial score (nSPS) is 15.6. The van der Waals surface area contributed by atoms with Crippen LogP contribution in [0.15, 0.2) is 41.3 Å². The average Bonchev–Trinajstić information content (AvgIpc) is 3.04. The number of amides is 2. The van der Waals surface area contributed by atoms with Crippen molar-refractivity contribution in [1.82, 2.24) is 4.90 Å². The molecule has 0 spiro atoms. The number of esters is 1. The third-order valence-electron chi connectivity index (χ3n) is 4.58. The quantitative estimate of drug-likeness (QED) is 0.219. The molecule has 2 aromatic rings. The molecule has 0 unspecified atom stereocenters. The van der Waals surface area contributed by atoms with Gasteiger partial charge in [0.05, 0.1) is 27.0 Å². The Bertz CT molecular complexity index is 1160. The Morgan fingerprint density at radius 1 is 1.24 bits per heavy atom. The number of rotatable bonds is 7. The second kappa shape index (κ2) is 10.2. The number of hydrogen-bond acceptors (Lipinski definition) is 8. The van der Waals surface area contributed by atoms with Crippen LogP contribution in [0.25, 0.3) is 6.08 Å². The van der Waals surface area contributed by atoms with Gasteiger partial charge in [-0.15, -0.1) is 0 Å². The molecule has 172 valence electrons. The van der Waals surface area contributed by atoms with E-state index in [1.165, 1.54) is 50.4 Å². The summed E-state index contributed by atoms with van der Waals surface area (Å²) in [6, 6.07) is 7.87. The van der Waals surface area contributed by atoms with Gasteiger partial charge in [-0.05, 0) is 48.0 Å². The first-order chi connectivity index (χ1) is 15.6. The van der Waals surface area contributed by atoms with E-state index in [-0.39, 0.29) is 33.0 Å². The van der Waals surface area contributed by atoms with Crippen LogP contribution in [0.3, 0.4) is 0 Å². The molecule has 33 heavy (non-hydrogen) atoms. The molecule has 0 aliphatic carbocycles. The number of imide groups is 1. The summed E-state index contributed by atoms with van der Waals surface area (Å²) < 4.78 is 10.2. The molecule has 0 saturated carbocycles. The van der Waals surface area contributed by atoms with Gasteiger partial charge in [0.25, 0.3) is 16.8 Å². The first-order valence-electron chi connectivity index (χ1n) is 9.32. The van der Waals surface area contributed by atoms with E-state index >= 15 is 0 Å². The molecule has 1 heterocycles. The molecule has 1 fully saturated rings. The van der Waals surface area contributed by atoms with Gasteiger partial charge in [0.2, 0.25) is 0 Å². The maximum absolute atomic E-state index is 12.6. The molecule has 12 heteroatoms. The Labute approximate surface area is 202 Å². The fraction of sp³-hybridized carbons (Fsp3) is 0.190. The molecular formula is C21H16Cl2N2O7S. The number of nitro groups is 1. The summed E-state index contributed by atoms with van der Waals surface area (Å²) in [5.74, 6) is -1.19. The van der Waals surface area contributed by atoms with Crippen LogP contribution in [0.2, 0.25) is 10.0 Å². The lowest BCUT2D eigenvalue weighted by Gasteiger charge is -2.18. The van der Waals surface area contributed by atoms with Crippen LogP contribution in [-0.4, -0.2) is 40.1 Å². The van der Waals surface area contributed by atoms with Crippen LogP contribution in [0.5, 0.6) is 5.75 Å². The van der Waals surface area contributed by atoms with E-state index in [9.17, 15) is 24.5 Å². The number of hydrogen-bond donors (Lipinski definition) is 0. The summed E-state index contributed by atoms with van der Waals surface area (Å²) in [6.07, 6.45) is 1.43. The molecule has 0 N–H and O–H groups in total. The minimum atomic E-state index is -1.06. The average molecular weight is 511 g/mol. The number of thioether (sulfide) groups is 1. The second-order valence-corrected chi connectivity index (χ2v) is 8.59. The van der Waals surface area contributed by atoms with Gasteiger partial charge in [0.15, 0.2) is 5.75 Å². The van der Waals surface area contributed by atoms with Crippen molar-refractivity contribution in [2.75, 3.05) is 7.11 Å². The van der Waals surface area contributed by atoms with Crippen molar-refractivity contribution in [2.45, 2.75) is 19.6 Å². The summed E-state index contributed by atoms with van der Waals surface area (Å²) in [6.45, 7) is 1.39. The standard InChI is InChI=1S/C21H16Cl2N2O7S/c1-11(20(27)31-2)24-19(26)17(33-21(24)28)9-13-7-15(22)18(16(23)8-13)32-10-12-4-3-5-14(6-12)25(29)30/h3-9,11H,10H2,1-2H3/b17-9+/t11-/m1/s1. The monoisotopic (exact) mass is 510 g/mol. The lowest BCUT2D eigenvalue weighted by atomic mass is 10.2. The maximum Gasteiger partial charge on any atom is 0.328 e. The number of non-ortho nitro benzene ring substituents is 1. The summed E-state index contributed by atoms with van der Waals surface area (Å²) in [4.78, 5) is 47.9. The van der Waals surface area contributed by atoms with Gasteiger partial charge in [0, 0.05) is 12.1 Å². The van der Waals surface area contributed by atoms with Crippen LogP contribution in [0.4, 0.5) is 10.5 Å². The fourth-order valence-electron chi connectivity index (χ4n) is 2.96. The predicted octanol–water partition coefficient (Wildman–Crippen LogP) is 5.08. The summed E-state index contributed by atoms with van der Waals surface area (Å²) in [5, 5.41) is 10.6. The minimum absolute atomic E-state index is 0.00915. The Kier molecular flexibility index (Phi) is 7.62. The third-order valence-corrected chi connectivity index (χ3v) is 6.02. The number of benzene rings is 2. The van der Waals surface area contributed by atoms with Crippen molar-refractivity contribution in [3.05, 3.63) is 72.6 Å². The van der Waals surface area contributed by atoms with Crippen molar-refractivity contribution in [3.63, 3.8) is 0 Å². The zero-order valence-electron chi connectivity index (χ0n) is 17.2. The zero-order chi connectivity index (χ0) is 24.3. The molecule has 2 aromatic carbocycles. The second-order valence-electron chi connectivity index (χ2n) is 6.78. The van der Waals surface area contributed by atoms with E-state index in [0.717, 1.165) is 4.90 Å². The van der Waals surface area contributed by atoms with E-state index in [1.807, 2.05) is 0 Å². The Balaban J connectivity index is 1.79. The highest BCUT2D eigenvalue weighted by Gasteiger charge is 2.41. The number of carbonyl (C=O) groups is 3. The fourth-order valence-corrected chi connectivity index (χ4v) is 4.48. The number of nitrogens with zero attached hydrogens (tertiary/aromatic N) is 2.